The largest absolute Gasteiger partial charge is 0.417 e. The fourth-order valence-corrected chi connectivity index (χ4v) is 4.48. The van der Waals surface area contributed by atoms with Crippen LogP contribution in [0.5, 0.6) is 0 Å². The number of nitrogens with zero attached hydrogens (tertiary/aromatic N) is 1. The van der Waals surface area contributed by atoms with Gasteiger partial charge in [-0.25, -0.2) is 8.42 Å². The molecule has 0 bridgehead atoms. The zero-order valence-corrected chi connectivity index (χ0v) is 17.7. The van der Waals surface area contributed by atoms with Crippen molar-refractivity contribution in [2.45, 2.75) is 24.9 Å². The lowest BCUT2D eigenvalue weighted by atomic mass is 10.1. The molecule has 0 aliphatic heterocycles. The molecule has 0 saturated carbocycles. The standard InChI is InChI=1S/C18H17Cl2F3N2O3S/c1-3-25(4-2)29(27,28)12-6-8-15(19)13(10-12)17(26)24-11-5-7-16(20)14(9-11)18(21,22)23/h5-10H,3-4H2,1-2H3,(H,24,26). The molecule has 158 valence electrons. The van der Waals surface area contributed by atoms with Crippen molar-refractivity contribution in [1.29, 1.82) is 0 Å². The predicted octanol–water partition coefficient (Wildman–Crippen LogP) is 5.30. The van der Waals surface area contributed by atoms with E-state index in [1.807, 2.05) is 0 Å². The summed E-state index contributed by atoms with van der Waals surface area (Å²) in [5, 5.41) is 1.72. The molecule has 0 fully saturated rings. The quantitative estimate of drug-likeness (QED) is 0.625. The molecule has 0 unspecified atom stereocenters. The van der Waals surface area contributed by atoms with Crippen LogP contribution in [0.15, 0.2) is 41.3 Å². The Balaban J connectivity index is 2.40. The molecule has 0 aromatic heterocycles. The van der Waals surface area contributed by atoms with E-state index < -0.39 is 32.7 Å². The third-order valence-electron chi connectivity index (χ3n) is 4.06. The summed E-state index contributed by atoms with van der Waals surface area (Å²) in [7, 11) is -3.85. The molecule has 0 spiro atoms. The minimum absolute atomic E-state index is 0.0500. The summed E-state index contributed by atoms with van der Waals surface area (Å²) in [6, 6.07) is 6.48. The Bertz CT molecular complexity index is 1020. The topological polar surface area (TPSA) is 66.5 Å². The molecule has 2 aromatic carbocycles. The van der Waals surface area contributed by atoms with Crippen LogP contribution in [-0.4, -0.2) is 31.7 Å². The number of rotatable bonds is 6. The predicted molar refractivity (Wildman–Crippen MR) is 106 cm³/mol. The molecule has 1 N–H and O–H groups in total. The van der Waals surface area contributed by atoms with Gasteiger partial charge >= 0.3 is 6.18 Å². The van der Waals surface area contributed by atoms with Gasteiger partial charge < -0.3 is 5.32 Å². The van der Waals surface area contributed by atoms with Crippen LogP contribution in [0.4, 0.5) is 18.9 Å². The molecule has 0 atom stereocenters. The Morgan fingerprint density at radius 1 is 1.03 bits per heavy atom. The number of amides is 1. The van der Waals surface area contributed by atoms with Crippen molar-refractivity contribution >= 4 is 44.8 Å². The Labute approximate surface area is 176 Å². The maximum atomic E-state index is 13.0. The van der Waals surface area contributed by atoms with E-state index in [1.165, 1.54) is 22.5 Å². The molecular weight excluding hydrogens is 452 g/mol. The van der Waals surface area contributed by atoms with Crippen LogP contribution >= 0.6 is 23.2 Å². The van der Waals surface area contributed by atoms with Crippen molar-refractivity contribution < 1.29 is 26.4 Å². The SMILES string of the molecule is CCN(CC)S(=O)(=O)c1ccc(Cl)c(C(=O)Nc2ccc(Cl)c(C(F)(F)F)c2)c1. The first-order chi connectivity index (χ1) is 13.4. The molecule has 0 aliphatic carbocycles. The number of anilines is 1. The van der Waals surface area contributed by atoms with Crippen LogP contribution in [0.2, 0.25) is 10.0 Å². The number of hydrogen-bond donors (Lipinski definition) is 1. The molecule has 0 heterocycles. The number of carbonyl (C=O) groups is 1. The van der Waals surface area contributed by atoms with Gasteiger partial charge in [0, 0.05) is 18.8 Å². The van der Waals surface area contributed by atoms with Crippen molar-refractivity contribution in [2.75, 3.05) is 18.4 Å². The average molecular weight is 469 g/mol. The summed E-state index contributed by atoms with van der Waals surface area (Å²) >= 11 is 11.6. The van der Waals surface area contributed by atoms with E-state index in [9.17, 15) is 26.4 Å². The van der Waals surface area contributed by atoms with Gasteiger partial charge in [-0.05, 0) is 36.4 Å². The second-order valence-corrected chi connectivity index (χ2v) is 8.63. The van der Waals surface area contributed by atoms with Crippen LogP contribution in [0.3, 0.4) is 0 Å². The number of hydrogen-bond acceptors (Lipinski definition) is 3. The minimum atomic E-state index is -4.70. The summed E-state index contributed by atoms with van der Waals surface area (Å²) in [6.07, 6.45) is -4.70. The minimum Gasteiger partial charge on any atom is -0.322 e. The van der Waals surface area contributed by atoms with Crippen molar-refractivity contribution in [3.8, 4) is 0 Å². The number of sulfonamides is 1. The first-order valence-corrected chi connectivity index (χ1v) is 10.6. The Hall–Kier alpha value is -1.81. The van der Waals surface area contributed by atoms with Gasteiger partial charge in [0.25, 0.3) is 5.91 Å². The van der Waals surface area contributed by atoms with Crippen LogP contribution in [0, 0.1) is 0 Å². The Morgan fingerprint density at radius 2 is 1.62 bits per heavy atom. The van der Waals surface area contributed by atoms with E-state index in [0.717, 1.165) is 12.1 Å². The monoisotopic (exact) mass is 468 g/mol. The number of halogens is 5. The highest BCUT2D eigenvalue weighted by Crippen LogP contribution is 2.36. The van der Waals surface area contributed by atoms with Gasteiger partial charge in [-0.2, -0.15) is 17.5 Å². The van der Waals surface area contributed by atoms with Crippen molar-refractivity contribution in [3.63, 3.8) is 0 Å². The second-order valence-electron chi connectivity index (χ2n) is 5.88. The third-order valence-corrected chi connectivity index (χ3v) is 6.76. The van der Waals surface area contributed by atoms with Gasteiger partial charge in [-0.1, -0.05) is 37.0 Å². The number of nitrogens with one attached hydrogen (secondary N) is 1. The van der Waals surface area contributed by atoms with Crippen molar-refractivity contribution in [2.24, 2.45) is 0 Å². The normalized spacial score (nSPS) is 12.3. The Morgan fingerprint density at radius 3 is 2.17 bits per heavy atom. The maximum absolute atomic E-state index is 13.0. The second kappa shape index (κ2) is 8.91. The molecule has 11 heteroatoms. The van der Waals surface area contributed by atoms with Gasteiger partial charge in [-0.3, -0.25) is 4.79 Å². The molecule has 5 nitrogen and oxygen atoms in total. The molecule has 2 rings (SSSR count). The van der Waals surface area contributed by atoms with E-state index in [2.05, 4.69) is 5.32 Å². The summed E-state index contributed by atoms with van der Waals surface area (Å²) in [6.45, 7) is 3.80. The first-order valence-electron chi connectivity index (χ1n) is 8.39. The molecule has 0 saturated heterocycles. The molecular formula is C18H17Cl2F3N2O3S. The van der Waals surface area contributed by atoms with E-state index in [0.29, 0.717) is 6.07 Å². The smallest absolute Gasteiger partial charge is 0.322 e. The Kier molecular flexibility index (Phi) is 7.21. The van der Waals surface area contributed by atoms with Crippen molar-refractivity contribution in [1.82, 2.24) is 4.31 Å². The number of benzene rings is 2. The lowest BCUT2D eigenvalue weighted by Crippen LogP contribution is -2.30. The van der Waals surface area contributed by atoms with Crippen molar-refractivity contribution in [3.05, 3.63) is 57.6 Å². The zero-order valence-electron chi connectivity index (χ0n) is 15.3. The van der Waals surface area contributed by atoms with Crippen LogP contribution < -0.4 is 5.32 Å². The van der Waals surface area contributed by atoms with Crippen LogP contribution in [0.25, 0.3) is 0 Å². The van der Waals surface area contributed by atoms with E-state index in [-0.39, 0.29) is 34.3 Å². The molecule has 0 aliphatic rings. The van der Waals surface area contributed by atoms with Gasteiger partial charge in [0.1, 0.15) is 0 Å². The fraction of sp³-hybridized carbons (Fsp3) is 0.278. The fourth-order valence-electron chi connectivity index (χ4n) is 2.57. The van der Waals surface area contributed by atoms with Gasteiger partial charge in [0.05, 0.1) is 26.1 Å². The summed E-state index contributed by atoms with van der Waals surface area (Å²) in [5.74, 6) is -0.859. The molecule has 2 aromatic rings. The molecule has 1 amide bonds. The lowest BCUT2D eigenvalue weighted by molar-refractivity contribution is -0.137. The van der Waals surface area contributed by atoms with E-state index in [1.54, 1.807) is 13.8 Å². The van der Waals surface area contributed by atoms with Gasteiger partial charge in [0.2, 0.25) is 10.0 Å². The first kappa shape index (κ1) is 23.5. The molecule has 29 heavy (non-hydrogen) atoms. The maximum Gasteiger partial charge on any atom is 0.417 e. The third kappa shape index (κ3) is 5.22. The highest BCUT2D eigenvalue weighted by Gasteiger charge is 2.33. The summed E-state index contributed by atoms with van der Waals surface area (Å²) in [5.41, 5.74) is -1.47. The summed E-state index contributed by atoms with van der Waals surface area (Å²) in [4.78, 5) is 12.4. The lowest BCUT2D eigenvalue weighted by Gasteiger charge is -2.19. The van der Waals surface area contributed by atoms with E-state index in [4.69, 9.17) is 23.2 Å². The van der Waals surface area contributed by atoms with Gasteiger partial charge in [-0.15, -0.1) is 0 Å². The highest BCUT2D eigenvalue weighted by atomic mass is 35.5. The van der Waals surface area contributed by atoms with Gasteiger partial charge in [0.15, 0.2) is 0 Å². The van der Waals surface area contributed by atoms with Crippen LogP contribution in [0.1, 0.15) is 29.8 Å². The average Bonchev–Trinajstić information content (AvgIpc) is 2.63. The van der Waals surface area contributed by atoms with E-state index >= 15 is 0 Å². The zero-order chi connectivity index (χ0) is 22.0. The highest BCUT2D eigenvalue weighted by molar-refractivity contribution is 7.89. The number of alkyl halides is 3. The van der Waals surface area contributed by atoms with Crippen LogP contribution in [-0.2, 0) is 16.2 Å². The summed E-state index contributed by atoms with van der Waals surface area (Å²) < 4.78 is 65.5. The number of carbonyl (C=O) groups excluding carboxylic acids is 1. The molecule has 0 radical (unpaired) electrons.